The number of sulfone groups is 1. The number of hydrazine groups is 1. The van der Waals surface area contributed by atoms with E-state index in [1.165, 1.54) is 12.1 Å². The van der Waals surface area contributed by atoms with Crippen LogP contribution in [0.25, 0.3) is 0 Å². The highest BCUT2D eigenvalue weighted by Gasteiger charge is 2.45. The number of hydrogen-bond acceptors (Lipinski definition) is 10. The van der Waals surface area contributed by atoms with Crippen molar-refractivity contribution in [2.45, 2.75) is 42.9 Å². The minimum Gasteiger partial charge on any atom is -0.494 e. The number of rotatable bonds is 20. The summed E-state index contributed by atoms with van der Waals surface area (Å²) >= 11 is 0. The average molecular weight is 764 g/mol. The topological polar surface area (TPSA) is 145 Å². The predicted molar refractivity (Wildman–Crippen MR) is 210 cm³/mol. The Morgan fingerprint density at radius 3 is 2.05 bits per heavy atom. The maximum Gasteiger partial charge on any atom is 0.265 e. The third-order valence-corrected chi connectivity index (χ3v) is 10.7. The molecule has 1 atom stereocenters. The molecular weight excluding hydrogens is 719 g/mol. The largest absolute Gasteiger partial charge is 0.494 e. The highest BCUT2D eigenvalue weighted by atomic mass is 32.2. The predicted octanol–water partition coefficient (Wildman–Crippen LogP) is 5.85. The van der Waals surface area contributed by atoms with Crippen LogP contribution in [0.2, 0.25) is 0 Å². The zero-order valence-corrected chi connectivity index (χ0v) is 31.2. The lowest BCUT2D eigenvalue weighted by Gasteiger charge is -2.23. The zero-order valence-electron chi connectivity index (χ0n) is 30.4. The molecule has 0 aromatic heterocycles. The number of nitrogens with one attached hydrogen (secondary N) is 2. The van der Waals surface area contributed by atoms with Crippen LogP contribution in [0.3, 0.4) is 0 Å². The summed E-state index contributed by atoms with van der Waals surface area (Å²) in [5.41, 5.74) is 7.91. The van der Waals surface area contributed by atoms with Crippen molar-refractivity contribution >= 4 is 21.6 Å². The maximum absolute atomic E-state index is 13.9. The summed E-state index contributed by atoms with van der Waals surface area (Å²) in [5.74, 6) is 1.25. The molecule has 0 fully saturated rings. The van der Waals surface area contributed by atoms with Crippen LogP contribution in [0.5, 0.6) is 17.2 Å². The van der Waals surface area contributed by atoms with E-state index in [0.717, 1.165) is 16.7 Å². The first-order chi connectivity index (χ1) is 26.8. The quantitative estimate of drug-likeness (QED) is 0.0657. The molecule has 5 aromatic rings. The van der Waals surface area contributed by atoms with Gasteiger partial charge in [0.25, 0.3) is 5.91 Å². The summed E-state index contributed by atoms with van der Waals surface area (Å²) in [5, 5.41) is 9.03. The highest BCUT2D eigenvalue weighted by Crippen LogP contribution is 2.31. The van der Waals surface area contributed by atoms with Crippen LogP contribution in [-0.4, -0.2) is 63.0 Å². The Morgan fingerprint density at radius 2 is 1.40 bits per heavy atom. The normalized spacial score (nSPS) is 15.1. The van der Waals surface area contributed by atoms with Crippen molar-refractivity contribution in [2.24, 2.45) is 4.99 Å². The van der Waals surface area contributed by atoms with Gasteiger partial charge in [0.05, 0.1) is 17.3 Å². The number of aliphatic hydroxyl groups is 1. The van der Waals surface area contributed by atoms with Crippen LogP contribution in [0, 0.1) is 0 Å². The van der Waals surface area contributed by atoms with E-state index in [2.05, 4.69) is 10.9 Å². The molecule has 0 aliphatic carbocycles. The van der Waals surface area contributed by atoms with Crippen molar-refractivity contribution in [2.75, 3.05) is 32.1 Å². The fourth-order valence-corrected chi connectivity index (χ4v) is 7.24. The Bertz CT molecular complexity index is 2120. The van der Waals surface area contributed by atoms with E-state index in [1.54, 1.807) is 42.5 Å². The first-order valence-corrected chi connectivity index (χ1v) is 19.8. The zero-order chi connectivity index (χ0) is 38.4. The molecule has 0 radical (unpaired) electrons. The molecule has 286 valence electrons. The third kappa shape index (κ3) is 10.9. The minimum atomic E-state index is -3.71. The molecule has 1 aliphatic rings. The lowest BCUT2D eigenvalue weighted by molar-refractivity contribution is -0.127. The van der Waals surface area contributed by atoms with E-state index in [0.29, 0.717) is 62.0 Å². The van der Waals surface area contributed by atoms with Gasteiger partial charge in [0.2, 0.25) is 5.90 Å². The van der Waals surface area contributed by atoms with Gasteiger partial charge in [0.1, 0.15) is 25.6 Å². The molecule has 0 bridgehead atoms. The first kappa shape index (κ1) is 39.0. The number of aliphatic hydroxyl groups excluding tert-OH is 1. The van der Waals surface area contributed by atoms with Gasteiger partial charge in [-0.1, -0.05) is 84.9 Å². The molecule has 0 saturated carbocycles. The second-order valence-corrected chi connectivity index (χ2v) is 15.1. The standard InChI is InChI=1S/C43H45N3O8S/c47-26-10-27-51-37-20-18-36(19-21-37)41-45-43(32-54-41,24-28-55(49,50)38-15-8-3-9-16-38)42(48)46-44-25-23-33-17-22-39(52-30-34-11-4-1-5-12-34)40(29-33)53-31-35-13-6-2-7-14-35/h1-9,11-22,29,44,47H,10,23-28,30-32H2,(H,46,48)/t43-/m0/s1. The third-order valence-electron chi connectivity index (χ3n) is 8.97. The van der Waals surface area contributed by atoms with E-state index in [9.17, 15) is 13.2 Å². The molecule has 3 N–H and O–H groups in total. The number of amides is 1. The van der Waals surface area contributed by atoms with Crippen LogP contribution >= 0.6 is 0 Å². The van der Waals surface area contributed by atoms with Gasteiger partial charge in [0.15, 0.2) is 26.9 Å². The molecule has 1 aliphatic heterocycles. The fraction of sp³-hybridized carbons (Fsp3) is 0.256. The van der Waals surface area contributed by atoms with Crippen LogP contribution in [-0.2, 0) is 39.0 Å². The van der Waals surface area contributed by atoms with Crippen molar-refractivity contribution in [3.05, 3.63) is 156 Å². The summed E-state index contributed by atoms with van der Waals surface area (Å²) in [7, 11) is -3.71. The second-order valence-electron chi connectivity index (χ2n) is 13.0. The lowest BCUT2D eigenvalue weighted by Crippen LogP contribution is -2.52. The van der Waals surface area contributed by atoms with Crippen molar-refractivity contribution in [3.63, 3.8) is 0 Å². The molecule has 0 unspecified atom stereocenters. The summed E-state index contributed by atoms with van der Waals surface area (Å²) in [6.45, 7) is 1.39. The molecular formula is C43H45N3O8S. The van der Waals surface area contributed by atoms with Crippen molar-refractivity contribution < 1.29 is 37.3 Å². The van der Waals surface area contributed by atoms with E-state index in [4.69, 9.17) is 29.0 Å². The van der Waals surface area contributed by atoms with E-state index in [-0.39, 0.29) is 36.2 Å². The number of carbonyl (C=O) groups is 1. The average Bonchev–Trinajstić information content (AvgIpc) is 3.68. The van der Waals surface area contributed by atoms with Gasteiger partial charge >= 0.3 is 0 Å². The summed E-state index contributed by atoms with van der Waals surface area (Å²) in [4.78, 5) is 18.8. The number of aliphatic imine (C=N–C) groups is 1. The van der Waals surface area contributed by atoms with Crippen molar-refractivity contribution in [3.8, 4) is 17.2 Å². The summed E-state index contributed by atoms with van der Waals surface area (Å²) < 4.78 is 50.5. The molecule has 11 nitrogen and oxygen atoms in total. The van der Waals surface area contributed by atoms with Gasteiger partial charge in [-0.3, -0.25) is 10.2 Å². The number of benzene rings is 5. The molecule has 0 saturated heterocycles. The Balaban J connectivity index is 1.12. The van der Waals surface area contributed by atoms with Crippen molar-refractivity contribution in [1.82, 2.24) is 10.9 Å². The Morgan fingerprint density at radius 1 is 0.764 bits per heavy atom. The number of hydrogen-bond donors (Lipinski definition) is 3. The Labute approximate surface area is 321 Å². The summed E-state index contributed by atoms with van der Waals surface area (Å²) in [6.07, 6.45) is 0.944. The molecule has 5 aromatic carbocycles. The van der Waals surface area contributed by atoms with E-state index >= 15 is 0 Å². The van der Waals surface area contributed by atoms with Gasteiger partial charge in [0, 0.05) is 25.1 Å². The molecule has 1 amide bonds. The molecule has 12 heteroatoms. The van der Waals surface area contributed by atoms with Gasteiger partial charge < -0.3 is 24.1 Å². The SMILES string of the molecule is O=C(NNCCc1ccc(OCc2ccccc2)c(OCc2ccccc2)c1)[C@]1(CCS(=O)(=O)c2ccccc2)COC(c2ccc(OCCCO)cc2)=N1. The number of nitrogens with zero attached hydrogens (tertiary/aromatic N) is 1. The molecule has 1 heterocycles. The van der Waals surface area contributed by atoms with Crippen LogP contribution < -0.4 is 25.1 Å². The fourth-order valence-electron chi connectivity index (χ4n) is 5.83. The smallest absolute Gasteiger partial charge is 0.265 e. The van der Waals surface area contributed by atoms with Crippen molar-refractivity contribution in [1.29, 1.82) is 0 Å². The maximum atomic E-state index is 13.9. The van der Waals surface area contributed by atoms with Gasteiger partial charge in [-0.25, -0.2) is 18.8 Å². The first-order valence-electron chi connectivity index (χ1n) is 18.2. The molecule has 6 rings (SSSR count). The minimum absolute atomic E-state index is 0.0326. The van der Waals surface area contributed by atoms with Gasteiger partial charge in [-0.15, -0.1) is 0 Å². The lowest BCUT2D eigenvalue weighted by atomic mass is 9.98. The van der Waals surface area contributed by atoms with Gasteiger partial charge in [-0.2, -0.15) is 0 Å². The monoisotopic (exact) mass is 763 g/mol. The Kier molecular flexibility index (Phi) is 13.5. The van der Waals surface area contributed by atoms with Crippen LogP contribution in [0.4, 0.5) is 0 Å². The highest BCUT2D eigenvalue weighted by molar-refractivity contribution is 7.91. The van der Waals surface area contributed by atoms with Crippen LogP contribution in [0.15, 0.2) is 143 Å². The number of ether oxygens (including phenoxy) is 4. The number of carbonyl (C=O) groups excluding carboxylic acids is 1. The summed E-state index contributed by atoms with van der Waals surface area (Å²) in [6, 6.07) is 40.7. The van der Waals surface area contributed by atoms with Crippen LogP contribution in [0.1, 0.15) is 35.1 Å². The van der Waals surface area contributed by atoms with E-state index < -0.39 is 21.3 Å². The van der Waals surface area contributed by atoms with Gasteiger partial charge in [-0.05, 0) is 78.1 Å². The van der Waals surface area contributed by atoms with E-state index in [1.807, 2.05) is 78.9 Å². The Hall–Kier alpha value is -5.69. The molecule has 0 spiro atoms. The molecule has 55 heavy (non-hydrogen) atoms. The second kappa shape index (κ2) is 19.1.